The van der Waals surface area contributed by atoms with Crippen molar-refractivity contribution < 1.29 is 9.59 Å². The summed E-state index contributed by atoms with van der Waals surface area (Å²) in [7, 11) is 0. The van der Waals surface area contributed by atoms with Crippen LogP contribution in [-0.2, 0) is 9.59 Å². The quantitative estimate of drug-likeness (QED) is 0.850. The van der Waals surface area contributed by atoms with Crippen molar-refractivity contribution in [1.82, 2.24) is 0 Å². The molecule has 2 amide bonds. The van der Waals surface area contributed by atoms with Gasteiger partial charge in [-0.3, -0.25) is 9.59 Å². The number of hydrogen-bond donors (Lipinski definition) is 1. The summed E-state index contributed by atoms with van der Waals surface area (Å²) in [6.07, 6.45) is 2.59. The molecule has 6 heteroatoms. The molecule has 0 saturated heterocycles. The van der Waals surface area contributed by atoms with Gasteiger partial charge in [0, 0.05) is 23.4 Å². The van der Waals surface area contributed by atoms with Crippen molar-refractivity contribution in [2.45, 2.75) is 24.7 Å². The molecule has 25 heavy (non-hydrogen) atoms. The van der Waals surface area contributed by atoms with Crippen molar-refractivity contribution in [3.63, 3.8) is 0 Å². The Labute approximate surface area is 151 Å². The van der Waals surface area contributed by atoms with E-state index in [0.29, 0.717) is 17.8 Å². The number of carbonyl (C=O) groups excluding carboxylic acids is 2. The molecule has 0 fully saturated rings. The average Bonchev–Trinajstić information content (AvgIpc) is 2.62. The summed E-state index contributed by atoms with van der Waals surface area (Å²) in [6.45, 7) is 1.95. The van der Waals surface area contributed by atoms with Crippen LogP contribution in [0.5, 0.6) is 0 Å². The van der Waals surface area contributed by atoms with Gasteiger partial charge in [0.1, 0.15) is 5.71 Å². The van der Waals surface area contributed by atoms with Crippen LogP contribution < -0.4 is 10.3 Å². The lowest BCUT2D eigenvalue weighted by Gasteiger charge is -2.23. The lowest BCUT2D eigenvalue weighted by molar-refractivity contribution is -0.118. The van der Waals surface area contributed by atoms with E-state index >= 15 is 0 Å². The molecule has 128 valence electrons. The number of aryl methyl sites for hydroxylation is 1. The molecule has 5 nitrogen and oxygen atoms in total. The van der Waals surface area contributed by atoms with Gasteiger partial charge in [-0.15, -0.1) is 11.8 Å². The van der Waals surface area contributed by atoms with Crippen LogP contribution in [0.25, 0.3) is 0 Å². The molecule has 0 radical (unpaired) electrons. The van der Waals surface area contributed by atoms with Gasteiger partial charge in [0.2, 0.25) is 5.91 Å². The average molecular weight is 353 g/mol. The number of benzene rings is 2. The van der Waals surface area contributed by atoms with Gasteiger partial charge in [-0.25, -0.2) is 5.01 Å². The van der Waals surface area contributed by atoms with Crippen LogP contribution in [0.4, 0.5) is 11.4 Å². The number of hydrazone groups is 1. The fourth-order valence-corrected chi connectivity index (χ4v) is 3.04. The highest BCUT2D eigenvalue weighted by atomic mass is 32.2. The van der Waals surface area contributed by atoms with Crippen molar-refractivity contribution in [2.75, 3.05) is 16.6 Å². The van der Waals surface area contributed by atoms with E-state index < -0.39 is 0 Å². The summed E-state index contributed by atoms with van der Waals surface area (Å²) >= 11 is 1.61. The third-order valence-corrected chi connectivity index (χ3v) is 4.59. The van der Waals surface area contributed by atoms with E-state index in [1.165, 1.54) is 5.01 Å². The normalized spacial score (nSPS) is 14.2. The van der Waals surface area contributed by atoms with Crippen molar-refractivity contribution in [2.24, 2.45) is 5.10 Å². The highest BCUT2D eigenvalue weighted by Crippen LogP contribution is 2.22. The monoisotopic (exact) mass is 353 g/mol. The van der Waals surface area contributed by atoms with Gasteiger partial charge in [0.05, 0.1) is 5.69 Å². The van der Waals surface area contributed by atoms with Crippen molar-refractivity contribution in [3.8, 4) is 0 Å². The number of thioether (sulfide) groups is 1. The fraction of sp³-hybridized carbons (Fsp3) is 0.211. The van der Waals surface area contributed by atoms with Gasteiger partial charge in [-0.05, 0) is 49.1 Å². The standard InChI is InChI=1S/C19H19N3O2S/c1-13-5-3-7-15(11-13)22-18(23)10-9-17(21-22)19(24)20-14-6-4-8-16(12-14)25-2/h3-8,11-12H,9-10H2,1-2H3,(H,20,24). The fourth-order valence-electron chi connectivity index (χ4n) is 2.58. The number of carbonyl (C=O) groups is 2. The van der Waals surface area contributed by atoms with E-state index in [9.17, 15) is 9.59 Å². The molecule has 1 N–H and O–H groups in total. The highest BCUT2D eigenvalue weighted by Gasteiger charge is 2.25. The minimum Gasteiger partial charge on any atom is -0.321 e. The first-order valence-electron chi connectivity index (χ1n) is 7.99. The number of nitrogens with one attached hydrogen (secondary N) is 1. The van der Waals surface area contributed by atoms with Crippen LogP contribution in [-0.4, -0.2) is 23.8 Å². The zero-order valence-corrected chi connectivity index (χ0v) is 15.0. The van der Waals surface area contributed by atoms with Crippen LogP contribution in [0.15, 0.2) is 58.5 Å². The lowest BCUT2D eigenvalue weighted by Crippen LogP contribution is -2.36. The second-order valence-corrected chi connectivity index (χ2v) is 6.66. The van der Waals surface area contributed by atoms with Crippen LogP contribution in [0, 0.1) is 6.92 Å². The Kier molecular flexibility index (Phi) is 5.19. The van der Waals surface area contributed by atoms with Crippen LogP contribution in [0.1, 0.15) is 18.4 Å². The van der Waals surface area contributed by atoms with Crippen LogP contribution >= 0.6 is 11.8 Å². The van der Waals surface area contributed by atoms with Crippen LogP contribution in [0.3, 0.4) is 0 Å². The first kappa shape index (κ1) is 17.2. The summed E-state index contributed by atoms with van der Waals surface area (Å²) in [5.74, 6) is -0.380. The molecule has 0 spiro atoms. The van der Waals surface area contributed by atoms with E-state index in [1.54, 1.807) is 11.8 Å². The molecule has 0 saturated carbocycles. The zero-order chi connectivity index (χ0) is 17.8. The molecule has 1 heterocycles. The Balaban J connectivity index is 1.82. The summed E-state index contributed by atoms with van der Waals surface area (Å²) < 4.78 is 0. The minimum absolute atomic E-state index is 0.105. The molecule has 2 aromatic carbocycles. The van der Waals surface area contributed by atoms with Crippen molar-refractivity contribution >= 4 is 40.7 Å². The molecular weight excluding hydrogens is 334 g/mol. The SMILES string of the molecule is CSc1cccc(NC(=O)C2=NN(c3cccc(C)c3)C(=O)CC2)c1. The Morgan fingerprint density at radius 2 is 1.96 bits per heavy atom. The summed E-state index contributed by atoms with van der Waals surface area (Å²) in [5, 5.41) is 8.48. The maximum absolute atomic E-state index is 12.5. The summed E-state index contributed by atoms with van der Waals surface area (Å²) in [5.41, 5.74) is 2.79. The molecule has 0 atom stereocenters. The highest BCUT2D eigenvalue weighted by molar-refractivity contribution is 7.98. The van der Waals surface area contributed by atoms with Gasteiger partial charge in [-0.1, -0.05) is 18.2 Å². The Bertz CT molecular complexity index is 848. The van der Waals surface area contributed by atoms with Gasteiger partial charge < -0.3 is 5.32 Å². The maximum atomic E-state index is 12.5. The molecule has 0 aliphatic carbocycles. The van der Waals surface area contributed by atoms with Gasteiger partial charge in [0.25, 0.3) is 5.91 Å². The van der Waals surface area contributed by atoms with Crippen LogP contribution in [0.2, 0.25) is 0 Å². The van der Waals surface area contributed by atoms with Gasteiger partial charge in [-0.2, -0.15) is 5.10 Å². The lowest BCUT2D eigenvalue weighted by atomic mass is 10.1. The van der Waals surface area contributed by atoms with Gasteiger partial charge >= 0.3 is 0 Å². The van der Waals surface area contributed by atoms with Crippen molar-refractivity contribution in [1.29, 1.82) is 0 Å². The predicted octanol–water partition coefficient (Wildman–Crippen LogP) is 3.84. The second-order valence-electron chi connectivity index (χ2n) is 5.78. The number of nitrogens with zero attached hydrogens (tertiary/aromatic N) is 2. The molecule has 1 aliphatic heterocycles. The van der Waals surface area contributed by atoms with E-state index in [-0.39, 0.29) is 18.2 Å². The minimum atomic E-state index is -0.275. The Morgan fingerprint density at radius 3 is 2.72 bits per heavy atom. The zero-order valence-electron chi connectivity index (χ0n) is 14.2. The molecule has 1 aliphatic rings. The van der Waals surface area contributed by atoms with E-state index in [2.05, 4.69) is 10.4 Å². The summed E-state index contributed by atoms with van der Waals surface area (Å²) in [6, 6.07) is 15.1. The topological polar surface area (TPSA) is 61.8 Å². The van der Waals surface area contributed by atoms with E-state index in [1.807, 2.05) is 61.7 Å². The maximum Gasteiger partial charge on any atom is 0.271 e. The molecule has 3 rings (SSSR count). The largest absolute Gasteiger partial charge is 0.321 e. The summed E-state index contributed by atoms with van der Waals surface area (Å²) in [4.78, 5) is 25.8. The number of rotatable bonds is 4. The molecule has 0 aromatic heterocycles. The number of amides is 2. The van der Waals surface area contributed by atoms with Gasteiger partial charge in [0.15, 0.2) is 0 Å². The molecule has 2 aromatic rings. The number of hydrogen-bond acceptors (Lipinski definition) is 4. The molecule has 0 bridgehead atoms. The third-order valence-electron chi connectivity index (χ3n) is 3.87. The number of anilines is 2. The van der Waals surface area contributed by atoms with E-state index in [4.69, 9.17) is 0 Å². The molecule has 0 unspecified atom stereocenters. The third kappa shape index (κ3) is 4.09. The predicted molar refractivity (Wildman–Crippen MR) is 102 cm³/mol. The van der Waals surface area contributed by atoms with Crippen molar-refractivity contribution in [3.05, 3.63) is 54.1 Å². The molecular formula is C19H19N3O2S. The first-order chi connectivity index (χ1) is 12.1. The Hall–Kier alpha value is -2.60. The first-order valence-corrected chi connectivity index (χ1v) is 9.22. The smallest absolute Gasteiger partial charge is 0.271 e. The Morgan fingerprint density at radius 1 is 1.16 bits per heavy atom. The second kappa shape index (κ2) is 7.53. The van der Waals surface area contributed by atoms with E-state index in [0.717, 1.165) is 16.1 Å².